The zero-order valence-electron chi connectivity index (χ0n) is 11.0. The molecule has 1 fully saturated rings. The van der Waals surface area contributed by atoms with Crippen LogP contribution < -0.4 is 0 Å². The Kier molecular flexibility index (Phi) is 3.52. The lowest BCUT2D eigenvalue weighted by atomic mass is 9.99. The van der Waals surface area contributed by atoms with Gasteiger partial charge in [-0.05, 0) is 18.1 Å². The molecule has 0 saturated carbocycles. The fraction of sp³-hybridized carbons (Fsp3) is 0.333. The van der Waals surface area contributed by atoms with E-state index in [0.29, 0.717) is 19.6 Å². The Morgan fingerprint density at radius 3 is 2.90 bits per heavy atom. The number of carbonyl (C=O) groups is 1. The molecule has 3 rings (SSSR count). The van der Waals surface area contributed by atoms with Crippen LogP contribution in [0.25, 0.3) is 0 Å². The summed E-state index contributed by atoms with van der Waals surface area (Å²) in [6, 6.07) is 11.8. The van der Waals surface area contributed by atoms with Gasteiger partial charge in [0.2, 0.25) is 0 Å². The van der Waals surface area contributed by atoms with E-state index < -0.39 is 18.0 Å². The van der Waals surface area contributed by atoms with Crippen molar-refractivity contribution in [3.05, 3.63) is 53.9 Å². The molecule has 2 atom stereocenters. The fourth-order valence-corrected chi connectivity index (χ4v) is 2.61. The minimum Gasteiger partial charge on any atom is -0.481 e. The van der Waals surface area contributed by atoms with E-state index in [0.717, 1.165) is 11.3 Å². The smallest absolute Gasteiger partial charge is 0.309 e. The molecule has 0 amide bonds. The molecule has 1 saturated heterocycles. The summed E-state index contributed by atoms with van der Waals surface area (Å²) in [7, 11) is 0. The number of carboxylic acid groups (broad SMARTS) is 1. The van der Waals surface area contributed by atoms with Gasteiger partial charge in [0.05, 0.1) is 18.2 Å². The summed E-state index contributed by atoms with van der Waals surface area (Å²) < 4.78 is 7.43. The van der Waals surface area contributed by atoms with Crippen molar-refractivity contribution in [1.82, 2.24) is 9.78 Å². The quantitative estimate of drug-likeness (QED) is 0.925. The number of rotatable bonds is 4. The van der Waals surface area contributed by atoms with E-state index >= 15 is 0 Å². The van der Waals surface area contributed by atoms with Crippen LogP contribution in [0.4, 0.5) is 0 Å². The van der Waals surface area contributed by atoms with Crippen molar-refractivity contribution in [3.63, 3.8) is 0 Å². The minimum atomic E-state index is -0.806. The van der Waals surface area contributed by atoms with Gasteiger partial charge in [0.25, 0.3) is 0 Å². The Balaban J connectivity index is 1.85. The van der Waals surface area contributed by atoms with Crippen molar-refractivity contribution < 1.29 is 14.6 Å². The lowest BCUT2D eigenvalue weighted by molar-refractivity contribution is -0.143. The first-order chi connectivity index (χ1) is 9.75. The lowest BCUT2D eigenvalue weighted by Gasteiger charge is -2.17. The Labute approximate surface area is 116 Å². The fourth-order valence-electron chi connectivity index (χ4n) is 2.61. The van der Waals surface area contributed by atoms with Gasteiger partial charge in [0.15, 0.2) is 0 Å². The highest BCUT2D eigenvalue weighted by molar-refractivity contribution is 5.71. The maximum absolute atomic E-state index is 11.3. The van der Waals surface area contributed by atoms with Gasteiger partial charge < -0.3 is 9.84 Å². The third-order valence-electron chi connectivity index (χ3n) is 3.62. The number of carboxylic acids is 1. The second-order valence-electron chi connectivity index (χ2n) is 4.92. The van der Waals surface area contributed by atoms with Gasteiger partial charge in [-0.3, -0.25) is 9.48 Å². The second kappa shape index (κ2) is 5.46. The largest absolute Gasteiger partial charge is 0.481 e. The van der Waals surface area contributed by atoms with Crippen molar-refractivity contribution in [2.45, 2.75) is 19.1 Å². The number of benzene rings is 1. The van der Waals surface area contributed by atoms with Crippen molar-refractivity contribution >= 4 is 5.97 Å². The summed E-state index contributed by atoms with van der Waals surface area (Å²) in [5.74, 6) is -1.29. The van der Waals surface area contributed by atoms with Crippen LogP contribution in [0.5, 0.6) is 0 Å². The number of hydrogen-bond donors (Lipinski definition) is 1. The molecular formula is C15H16N2O3. The molecule has 5 heteroatoms. The van der Waals surface area contributed by atoms with Crippen LogP contribution in [0, 0.1) is 5.92 Å². The summed E-state index contributed by atoms with van der Waals surface area (Å²) in [5, 5.41) is 13.5. The van der Waals surface area contributed by atoms with Crippen LogP contribution in [0.2, 0.25) is 0 Å². The first-order valence-electron chi connectivity index (χ1n) is 6.66. The number of nitrogens with zero attached hydrogens (tertiary/aromatic N) is 2. The molecule has 20 heavy (non-hydrogen) atoms. The van der Waals surface area contributed by atoms with Crippen LogP contribution in [0.15, 0.2) is 42.6 Å². The highest BCUT2D eigenvalue weighted by Gasteiger charge is 2.37. The van der Waals surface area contributed by atoms with Gasteiger partial charge in [0, 0.05) is 12.8 Å². The van der Waals surface area contributed by atoms with Crippen molar-refractivity contribution in [3.8, 4) is 0 Å². The maximum atomic E-state index is 11.3. The van der Waals surface area contributed by atoms with E-state index in [9.17, 15) is 9.90 Å². The van der Waals surface area contributed by atoms with Crippen molar-refractivity contribution in [1.29, 1.82) is 0 Å². The van der Waals surface area contributed by atoms with Crippen LogP contribution >= 0.6 is 0 Å². The SMILES string of the molecule is O=C(O)C1CCOC1c1ccnn1Cc1ccccc1. The van der Waals surface area contributed by atoms with Crippen LogP contribution in [-0.4, -0.2) is 27.5 Å². The molecule has 1 aliphatic rings. The lowest BCUT2D eigenvalue weighted by Crippen LogP contribution is -2.20. The molecular weight excluding hydrogens is 256 g/mol. The van der Waals surface area contributed by atoms with Crippen LogP contribution in [0.3, 0.4) is 0 Å². The van der Waals surface area contributed by atoms with Gasteiger partial charge in [-0.15, -0.1) is 0 Å². The van der Waals surface area contributed by atoms with E-state index in [1.54, 1.807) is 6.20 Å². The Morgan fingerprint density at radius 2 is 2.15 bits per heavy atom. The highest BCUT2D eigenvalue weighted by atomic mass is 16.5. The topological polar surface area (TPSA) is 64.3 Å². The summed E-state index contributed by atoms with van der Waals surface area (Å²) in [5.41, 5.74) is 1.96. The van der Waals surface area contributed by atoms with E-state index in [1.165, 1.54) is 0 Å². The normalized spacial score (nSPS) is 22.0. The summed E-state index contributed by atoms with van der Waals surface area (Å²) in [6.07, 6.45) is 1.84. The van der Waals surface area contributed by atoms with Gasteiger partial charge in [0.1, 0.15) is 6.10 Å². The Hall–Kier alpha value is -2.14. The van der Waals surface area contributed by atoms with Crippen molar-refractivity contribution in [2.24, 2.45) is 5.92 Å². The molecule has 2 heterocycles. The minimum absolute atomic E-state index is 0.404. The molecule has 1 aromatic carbocycles. The highest BCUT2D eigenvalue weighted by Crippen LogP contribution is 2.34. The maximum Gasteiger partial charge on any atom is 0.309 e. The molecule has 2 unspecified atom stereocenters. The monoisotopic (exact) mass is 272 g/mol. The zero-order valence-corrected chi connectivity index (χ0v) is 11.0. The first kappa shape index (κ1) is 12.9. The number of ether oxygens (including phenoxy) is 1. The molecule has 2 aromatic rings. The average Bonchev–Trinajstić information content (AvgIpc) is 3.07. The zero-order chi connectivity index (χ0) is 13.9. The molecule has 0 spiro atoms. The number of hydrogen-bond acceptors (Lipinski definition) is 3. The van der Waals surface area contributed by atoms with E-state index in [4.69, 9.17) is 4.74 Å². The van der Waals surface area contributed by atoms with Crippen LogP contribution in [-0.2, 0) is 16.1 Å². The molecule has 0 bridgehead atoms. The van der Waals surface area contributed by atoms with Gasteiger partial charge in [-0.1, -0.05) is 30.3 Å². The Bertz CT molecular complexity index is 594. The predicted octanol–water partition coefficient (Wildman–Crippen LogP) is 2.09. The first-order valence-corrected chi connectivity index (χ1v) is 6.66. The number of aliphatic carboxylic acids is 1. The molecule has 1 aromatic heterocycles. The molecule has 1 N–H and O–H groups in total. The van der Waals surface area contributed by atoms with Gasteiger partial charge in [-0.2, -0.15) is 5.10 Å². The van der Waals surface area contributed by atoms with Gasteiger partial charge >= 0.3 is 5.97 Å². The Morgan fingerprint density at radius 1 is 1.35 bits per heavy atom. The van der Waals surface area contributed by atoms with Crippen LogP contribution in [0.1, 0.15) is 23.8 Å². The number of aromatic nitrogens is 2. The van der Waals surface area contributed by atoms with Crippen molar-refractivity contribution in [2.75, 3.05) is 6.61 Å². The summed E-state index contributed by atoms with van der Waals surface area (Å²) in [6.45, 7) is 1.10. The van der Waals surface area contributed by atoms with E-state index in [-0.39, 0.29) is 0 Å². The summed E-state index contributed by atoms with van der Waals surface area (Å²) >= 11 is 0. The van der Waals surface area contributed by atoms with E-state index in [2.05, 4.69) is 5.10 Å². The molecule has 1 aliphatic heterocycles. The second-order valence-corrected chi connectivity index (χ2v) is 4.92. The molecule has 104 valence electrons. The van der Waals surface area contributed by atoms with Gasteiger partial charge in [-0.25, -0.2) is 0 Å². The predicted molar refractivity (Wildman–Crippen MR) is 72.2 cm³/mol. The molecule has 0 aliphatic carbocycles. The summed E-state index contributed by atoms with van der Waals surface area (Å²) in [4.78, 5) is 11.3. The molecule has 0 radical (unpaired) electrons. The standard InChI is InChI=1S/C15H16N2O3/c18-15(19)12-7-9-20-14(12)13-6-8-16-17(13)10-11-4-2-1-3-5-11/h1-6,8,12,14H,7,9-10H2,(H,18,19). The third-order valence-corrected chi connectivity index (χ3v) is 3.62. The average molecular weight is 272 g/mol. The molecule has 5 nitrogen and oxygen atoms in total. The van der Waals surface area contributed by atoms with E-state index in [1.807, 2.05) is 41.1 Å². The third kappa shape index (κ3) is 2.44.